The van der Waals surface area contributed by atoms with Crippen molar-refractivity contribution in [1.29, 1.82) is 0 Å². The van der Waals surface area contributed by atoms with Gasteiger partial charge in [-0.05, 0) is 13.0 Å². The molecule has 0 fully saturated rings. The molecule has 0 saturated heterocycles. The highest BCUT2D eigenvalue weighted by Gasteiger charge is 2.04. The number of hydrogen-bond acceptors (Lipinski definition) is 5. The fraction of sp³-hybridized carbons (Fsp3) is 0.333. The zero-order chi connectivity index (χ0) is 12.1. The first-order valence-electron chi connectivity index (χ1n) is 5.46. The Balaban J connectivity index is 1.92. The molecular formula is C12H15N3OS. The summed E-state index contributed by atoms with van der Waals surface area (Å²) in [5, 5.41) is 0. The number of nitrogens with zero attached hydrogens (tertiary/aromatic N) is 2. The zero-order valence-corrected chi connectivity index (χ0v) is 10.5. The van der Waals surface area contributed by atoms with Gasteiger partial charge in [0.25, 0.3) is 0 Å². The maximum Gasteiger partial charge on any atom is 0.142 e. The Morgan fingerprint density at radius 3 is 3.06 bits per heavy atom. The van der Waals surface area contributed by atoms with Crippen LogP contribution in [-0.2, 0) is 13.0 Å². The monoisotopic (exact) mass is 249 g/mol. The van der Waals surface area contributed by atoms with Gasteiger partial charge in [0.05, 0.1) is 24.0 Å². The van der Waals surface area contributed by atoms with Crippen LogP contribution in [0, 0.1) is 6.92 Å². The van der Waals surface area contributed by atoms with Gasteiger partial charge in [-0.25, -0.2) is 4.98 Å². The molecule has 2 N–H and O–H groups in total. The molecule has 0 amide bonds. The second kappa shape index (κ2) is 5.75. The van der Waals surface area contributed by atoms with Crippen LogP contribution in [0.4, 0.5) is 0 Å². The molecule has 0 aliphatic carbocycles. The molecule has 17 heavy (non-hydrogen) atoms. The van der Waals surface area contributed by atoms with Crippen molar-refractivity contribution in [3.8, 4) is 5.75 Å². The molecule has 0 aliphatic rings. The number of aryl methyl sites for hydroxylation is 1. The number of ether oxygens (including phenoxy) is 1. The first kappa shape index (κ1) is 12.0. The lowest BCUT2D eigenvalue weighted by molar-refractivity contribution is 0.318. The van der Waals surface area contributed by atoms with Crippen LogP contribution in [0.15, 0.2) is 24.0 Å². The van der Waals surface area contributed by atoms with E-state index in [-0.39, 0.29) is 0 Å². The lowest BCUT2D eigenvalue weighted by atomic mass is 10.2. The summed E-state index contributed by atoms with van der Waals surface area (Å²) in [5.74, 6) is 0.775. The summed E-state index contributed by atoms with van der Waals surface area (Å²) in [6.45, 7) is 3.11. The van der Waals surface area contributed by atoms with Gasteiger partial charge < -0.3 is 10.5 Å². The van der Waals surface area contributed by atoms with Crippen LogP contribution >= 0.6 is 11.3 Å². The highest BCUT2D eigenvalue weighted by molar-refractivity contribution is 7.09. The molecule has 2 heterocycles. The smallest absolute Gasteiger partial charge is 0.142 e. The highest BCUT2D eigenvalue weighted by atomic mass is 32.1. The first-order chi connectivity index (χ1) is 8.31. The van der Waals surface area contributed by atoms with E-state index in [0.717, 1.165) is 23.4 Å². The minimum atomic E-state index is 0.470. The third-order valence-corrected chi connectivity index (χ3v) is 3.52. The summed E-state index contributed by atoms with van der Waals surface area (Å²) in [5.41, 5.74) is 9.56. The second-order valence-electron chi connectivity index (χ2n) is 3.65. The maximum absolute atomic E-state index is 5.69. The summed E-state index contributed by atoms with van der Waals surface area (Å²) < 4.78 is 5.69. The Morgan fingerprint density at radius 2 is 2.35 bits per heavy atom. The summed E-state index contributed by atoms with van der Waals surface area (Å²) in [6, 6.07) is 1.88. The number of pyridine rings is 1. The third-order valence-electron chi connectivity index (χ3n) is 2.52. The Kier molecular flexibility index (Phi) is 4.06. The number of hydrogen-bond donors (Lipinski definition) is 1. The van der Waals surface area contributed by atoms with Gasteiger partial charge in [-0.1, -0.05) is 0 Å². The van der Waals surface area contributed by atoms with Crippen LogP contribution in [0.5, 0.6) is 5.75 Å². The van der Waals surface area contributed by atoms with Crippen molar-refractivity contribution >= 4 is 11.3 Å². The van der Waals surface area contributed by atoms with Crippen LogP contribution in [0.2, 0.25) is 0 Å². The van der Waals surface area contributed by atoms with E-state index < -0.39 is 0 Å². The molecule has 0 aromatic carbocycles. The minimum absolute atomic E-state index is 0.470. The molecule has 0 atom stereocenters. The number of rotatable bonds is 5. The zero-order valence-electron chi connectivity index (χ0n) is 9.72. The van der Waals surface area contributed by atoms with Crippen LogP contribution in [0.3, 0.4) is 0 Å². The van der Waals surface area contributed by atoms with E-state index in [1.807, 2.05) is 18.5 Å². The molecule has 0 saturated carbocycles. The Bertz CT molecular complexity index is 484. The van der Waals surface area contributed by atoms with Crippen molar-refractivity contribution in [1.82, 2.24) is 9.97 Å². The number of thiazole rings is 1. The van der Waals surface area contributed by atoms with Gasteiger partial charge in [-0.3, -0.25) is 4.98 Å². The molecular weight excluding hydrogens is 234 g/mol. The van der Waals surface area contributed by atoms with E-state index in [0.29, 0.717) is 13.2 Å². The summed E-state index contributed by atoms with van der Waals surface area (Å²) in [7, 11) is 0. The van der Waals surface area contributed by atoms with Crippen molar-refractivity contribution in [2.45, 2.75) is 19.9 Å². The molecule has 2 aromatic rings. The van der Waals surface area contributed by atoms with E-state index in [1.54, 1.807) is 23.7 Å². The first-order valence-corrected chi connectivity index (χ1v) is 6.34. The quantitative estimate of drug-likeness (QED) is 0.879. The van der Waals surface area contributed by atoms with Crippen molar-refractivity contribution < 1.29 is 4.74 Å². The number of nitrogens with two attached hydrogens (primary N) is 1. The van der Waals surface area contributed by atoms with Gasteiger partial charge in [0.2, 0.25) is 0 Å². The van der Waals surface area contributed by atoms with E-state index in [4.69, 9.17) is 10.5 Å². The molecule has 0 unspecified atom stereocenters. The van der Waals surface area contributed by atoms with E-state index in [9.17, 15) is 0 Å². The molecule has 2 rings (SSSR count). The molecule has 0 bridgehead atoms. The molecule has 0 aliphatic heterocycles. The third kappa shape index (κ3) is 3.01. The van der Waals surface area contributed by atoms with Gasteiger partial charge >= 0.3 is 0 Å². The molecule has 90 valence electrons. The Labute approximate surface area is 104 Å². The van der Waals surface area contributed by atoms with E-state index in [1.165, 1.54) is 4.88 Å². The molecule has 4 nitrogen and oxygen atoms in total. The fourth-order valence-corrected chi connectivity index (χ4v) is 2.29. The van der Waals surface area contributed by atoms with Crippen LogP contribution in [0.25, 0.3) is 0 Å². The van der Waals surface area contributed by atoms with Crippen molar-refractivity contribution in [2.75, 3.05) is 6.61 Å². The fourth-order valence-electron chi connectivity index (χ4n) is 1.53. The van der Waals surface area contributed by atoms with Gasteiger partial charge in [-0.2, -0.15) is 0 Å². The van der Waals surface area contributed by atoms with Crippen LogP contribution in [-0.4, -0.2) is 16.6 Å². The standard InChI is InChI=1S/C12H15N3OS/c1-9-12(17-8-15-9)3-5-16-11-7-14-4-2-10(11)6-13/h2,4,7-8H,3,5-6,13H2,1H3. The van der Waals surface area contributed by atoms with E-state index >= 15 is 0 Å². The molecule has 0 radical (unpaired) electrons. The van der Waals surface area contributed by atoms with Crippen LogP contribution < -0.4 is 10.5 Å². The number of aromatic nitrogens is 2. The topological polar surface area (TPSA) is 61.0 Å². The molecule has 5 heteroatoms. The molecule has 0 spiro atoms. The van der Waals surface area contributed by atoms with Crippen molar-refractivity contribution in [3.05, 3.63) is 40.1 Å². The van der Waals surface area contributed by atoms with E-state index in [2.05, 4.69) is 9.97 Å². The maximum atomic E-state index is 5.69. The lowest BCUT2D eigenvalue weighted by Gasteiger charge is -2.08. The Hall–Kier alpha value is -1.46. The normalized spacial score (nSPS) is 10.5. The average Bonchev–Trinajstić information content (AvgIpc) is 2.76. The average molecular weight is 249 g/mol. The minimum Gasteiger partial charge on any atom is -0.491 e. The largest absolute Gasteiger partial charge is 0.491 e. The predicted octanol–water partition coefficient (Wildman–Crippen LogP) is 1.93. The lowest BCUT2D eigenvalue weighted by Crippen LogP contribution is -2.06. The van der Waals surface area contributed by atoms with Gasteiger partial charge in [-0.15, -0.1) is 11.3 Å². The summed E-state index contributed by atoms with van der Waals surface area (Å²) >= 11 is 1.66. The summed E-state index contributed by atoms with van der Waals surface area (Å²) in [6.07, 6.45) is 4.31. The highest BCUT2D eigenvalue weighted by Crippen LogP contribution is 2.17. The second-order valence-corrected chi connectivity index (χ2v) is 4.59. The molecule has 2 aromatic heterocycles. The van der Waals surface area contributed by atoms with Gasteiger partial charge in [0.15, 0.2) is 0 Å². The van der Waals surface area contributed by atoms with Crippen molar-refractivity contribution in [2.24, 2.45) is 5.73 Å². The predicted molar refractivity (Wildman–Crippen MR) is 68.2 cm³/mol. The SMILES string of the molecule is Cc1ncsc1CCOc1cnccc1CN. The van der Waals surface area contributed by atoms with Crippen LogP contribution in [0.1, 0.15) is 16.1 Å². The Morgan fingerprint density at radius 1 is 1.47 bits per heavy atom. The summed E-state index contributed by atoms with van der Waals surface area (Å²) in [4.78, 5) is 9.51. The van der Waals surface area contributed by atoms with Crippen molar-refractivity contribution in [3.63, 3.8) is 0 Å². The van der Waals surface area contributed by atoms with Gasteiger partial charge in [0, 0.05) is 29.6 Å². The van der Waals surface area contributed by atoms with Gasteiger partial charge in [0.1, 0.15) is 5.75 Å².